The molecule has 4 amide bonds. The molecule has 4 aliphatic heterocycles. The number of hydrogen-bond acceptors (Lipinski definition) is 4. The van der Waals surface area contributed by atoms with Crippen molar-refractivity contribution in [2.24, 2.45) is 23.7 Å². The first-order valence-corrected chi connectivity index (χ1v) is 27.7. The van der Waals surface area contributed by atoms with Gasteiger partial charge in [-0.3, -0.25) is 19.2 Å². The summed E-state index contributed by atoms with van der Waals surface area (Å²) >= 11 is 0. The number of carbonyl (C=O) groups excluding carboxylic acids is 4. The van der Waals surface area contributed by atoms with E-state index in [9.17, 15) is 0 Å². The van der Waals surface area contributed by atoms with Crippen LogP contribution >= 0.6 is 0 Å². The van der Waals surface area contributed by atoms with Crippen molar-refractivity contribution in [1.82, 2.24) is 0 Å². The molecule has 8 nitrogen and oxygen atoms in total. The van der Waals surface area contributed by atoms with E-state index >= 15 is 19.2 Å². The number of para-hydroxylation sites is 2. The number of hydrogen-bond donors (Lipinski definition) is 0. The summed E-state index contributed by atoms with van der Waals surface area (Å²) in [4.78, 5) is 69.2. The van der Waals surface area contributed by atoms with Gasteiger partial charge in [0.25, 0.3) is 23.6 Å². The molecule has 0 saturated heterocycles. The average Bonchev–Trinajstić information content (AvgIpc) is 4.02. The summed E-state index contributed by atoms with van der Waals surface area (Å²) < 4.78 is 0. The van der Waals surface area contributed by atoms with Gasteiger partial charge in [-0.25, -0.2) is 0 Å². The highest BCUT2D eigenvalue weighted by atomic mass is 16.2. The Kier molecular flexibility index (Phi) is 16.5. The standard InChI is InChI=1S/C62H80N4O4/c1-9-17-25-41(13-5)37-63-51-31-23-21-29-47(51)53(59(63)67)55-49-35-33-46-45(57(49)65(61(55)69)39-43(15-7)27-19-11-3)34-36-50-56(62(70)66(58(46)50)40-44(16-8)28-20-12-4)54-48-30-22-24-32-52(48)64(60(54)68)38-42(14-6)26-18-10-2/h21-24,29-36,41-44H,9-20,25-28,37-40H2,1-8H3/b55-53-,56-54+. The molecule has 4 unspecified atom stereocenters. The largest absolute Gasteiger partial charge is 0.307 e. The lowest BCUT2D eigenvalue weighted by Gasteiger charge is -2.27. The average molecular weight is 945 g/mol. The fraction of sp³-hybridized carbons (Fsp3) is 0.516. The topological polar surface area (TPSA) is 81.2 Å². The van der Waals surface area contributed by atoms with E-state index in [1.165, 1.54) is 0 Å². The lowest BCUT2D eigenvalue weighted by atomic mass is 9.92. The molecule has 0 N–H and O–H groups in total. The van der Waals surface area contributed by atoms with Gasteiger partial charge >= 0.3 is 0 Å². The number of anilines is 4. The van der Waals surface area contributed by atoms with Crippen LogP contribution in [0.25, 0.3) is 33.1 Å². The zero-order chi connectivity index (χ0) is 49.6. The molecule has 4 heterocycles. The monoisotopic (exact) mass is 945 g/mol. The first kappa shape index (κ1) is 50.9. The number of rotatable bonds is 24. The van der Waals surface area contributed by atoms with E-state index < -0.39 is 0 Å². The zero-order valence-electron chi connectivity index (χ0n) is 43.8. The molecule has 372 valence electrons. The lowest BCUT2D eigenvalue weighted by Crippen LogP contribution is -2.34. The van der Waals surface area contributed by atoms with Crippen molar-refractivity contribution in [2.45, 2.75) is 158 Å². The minimum atomic E-state index is -0.130. The Bertz CT molecular complexity index is 2480. The maximum Gasteiger partial charge on any atom is 0.259 e. The third-order valence-corrected chi connectivity index (χ3v) is 16.4. The second-order valence-electron chi connectivity index (χ2n) is 20.9. The van der Waals surface area contributed by atoms with Crippen molar-refractivity contribution in [2.75, 3.05) is 45.8 Å². The van der Waals surface area contributed by atoms with Crippen molar-refractivity contribution in [3.8, 4) is 0 Å². The lowest BCUT2D eigenvalue weighted by molar-refractivity contribution is -0.114. The van der Waals surface area contributed by atoms with Gasteiger partial charge < -0.3 is 19.6 Å². The highest BCUT2D eigenvalue weighted by molar-refractivity contribution is 6.52. The van der Waals surface area contributed by atoms with Crippen LogP contribution in [0, 0.1) is 23.7 Å². The van der Waals surface area contributed by atoms with Crippen molar-refractivity contribution in [3.63, 3.8) is 0 Å². The molecule has 0 fully saturated rings. The Labute approximate surface area is 419 Å². The molecule has 8 heteroatoms. The fourth-order valence-corrected chi connectivity index (χ4v) is 12.0. The molecule has 4 aliphatic rings. The van der Waals surface area contributed by atoms with E-state index in [-0.39, 0.29) is 35.5 Å². The van der Waals surface area contributed by atoms with Gasteiger partial charge in [-0.2, -0.15) is 0 Å². The van der Waals surface area contributed by atoms with E-state index in [1.54, 1.807) is 0 Å². The van der Waals surface area contributed by atoms with Crippen LogP contribution in [-0.2, 0) is 19.2 Å². The Morgan fingerprint density at radius 2 is 0.629 bits per heavy atom. The quantitative estimate of drug-likeness (QED) is 0.0655. The van der Waals surface area contributed by atoms with E-state index in [1.807, 2.05) is 68.1 Å². The minimum absolute atomic E-state index is 0.101. The molecule has 4 atom stereocenters. The van der Waals surface area contributed by atoms with Crippen LogP contribution in [0.3, 0.4) is 0 Å². The Hall–Kier alpha value is -5.50. The van der Waals surface area contributed by atoms with Crippen LogP contribution in [0.4, 0.5) is 22.7 Å². The maximum atomic E-state index is 15.6. The Morgan fingerprint density at radius 3 is 0.943 bits per heavy atom. The maximum absolute atomic E-state index is 15.6. The van der Waals surface area contributed by atoms with Crippen LogP contribution in [0.2, 0.25) is 0 Å². The summed E-state index contributed by atoms with van der Waals surface area (Å²) in [5.74, 6) is 0.782. The molecule has 0 radical (unpaired) electrons. The number of fused-ring (bicyclic) bond motifs is 7. The van der Waals surface area contributed by atoms with E-state index in [2.05, 4.69) is 79.7 Å². The van der Waals surface area contributed by atoms with Crippen molar-refractivity contribution >= 4 is 79.4 Å². The molecule has 0 spiro atoms. The van der Waals surface area contributed by atoms with Crippen molar-refractivity contribution in [3.05, 3.63) is 95.1 Å². The molecule has 4 aromatic carbocycles. The summed E-state index contributed by atoms with van der Waals surface area (Å²) in [6.45, 7) is 20.0. The van der Waals surface area contributed by atoms with Gasteiger partial charge in [-0.05, 0) is 61.5 Å². The number of nitrogens with zero attached hydrogens (tertiary/aromatic N) is 4. The summed E-state index contributed by atoms with van der Waals surface area (Å²) in [7, 11) is 0. The molecule has 4 aromatic rings. The van der Waals surface area contributed by atoms with Gasteiger partial charge in [0.05, 0.1) is 45.0 Å². The zero-order valence-corrected chi connectivity index (χ0v) is 43.8. The van der Waals surface area contributed by atoms with Crippen LogP contribution in [-0.4, -0.2) is 49.8 Å². The van der Waals surface area contributed by atoms with E-state index in [0.29, 0.717) is 60.3 Å². The van der Waals surface area contributed by atoms with Crippen molar-refractivity contribution in [1.29, 1.82) is 0 Å². The van der Waals surface area contributed by atoms with Crippen molar-refractivity contribution < 1.29 is 19.2 Å². The number of benzene rings is 4. The molecular weight excluding hydrogens is 865 g/mol. The second-order valence-corrected chi connectivity index (χ2v) is 20.9. The summed E-state index contributed by atoms with van der Waals surface area (Å²) in [6.07, 6.45) is 16.7. The molecule has 0 aliphatic carbocycles. The Morgan fingerprint density at radius 1 is 0.343 bits per heavy atom. The molecule has 8 rings (SSSR count). The molecule has 0 saturated carbocycles. The van der Waals surface area contributed by atoms with E-state index in [4.69, 9.17) is 0 Å². The number of amides is 4. The summed E-state index contributed by atoms with van der Waals surface area (Å²) in [5, 5.41) is 1.78. The van der Waals surface area contributed by atoms with Gasteiger partial charge in [-0.1, -0.05) is 193 Å². The highest BCUT2D eigenvalue weighted by Crippen LogP contribution is 2.54. The normalized spacial score (nSPS) is 19.1. The SMILES string of the molecule is CCCCC(CC)CN1C(=O)/C(=C2\C(=O)N(CC(CC)CCCC)c3c2ccc2c4c(ccc32)/C(=C2\C(=O)N(CC(CC)CCCC)c3ccccc32)C(=O)N4CC(CC)CCCC)c2ccccc21. The van der Waals surface area contributed by atoms with Gasteiger partial charge in [0.2, 0.25) is 0 Å². The smallest absolute Gasteiger partial charge is 0.259 e. The highest BCUT2D eigenvalue weighted by Gasteiger charge is 2.46. The second kappa shape index (κ2) is 22.7. The summed E-state index contributed by atoms with van der Waals surface area (Å²) in [6, 6.07) is 24.4. The number of unbranched alkanes of at least 4 members (excludes halogenated alkanes) is 4. The van der Waals surface area contributed by atoms with Crippen LogP contribution in [0.5, 0.6) is 0 Å². The fourth-order valence-electron chi connectivity index (χ4n) is 12.0. The molecular formula is C62H80N4O4. The minimum Gasteiger partial charge on any atom is -0.307 e. The first-order chi connectivity index (χ1) is 34.1. The van der Waals surface area contributed by atoms with Crippen LogP contribution < -0.4 is 19.6 Å². The van der Waals surface area contributed by atoms with Crippen LogP contribution in [0.1, 0.15) is 180 Å². The third-order valence-electron chi connectivity index (χ3n) is 16.4. The van der Waals surface area contributed by atoms with Gasteiger partial charge in [0, 0.05) is 59.2 Å². The van der Waals surface area contributed by atoms with E-state index in [0.717, 1.165) is 159 Å². The molecule has 0 bridgehead atoms. The molecule has 70 heavy (non-hydrogen) atoms. The number of carbonyl (C=O) groups is 4. The molecule has 0 aromatic heterocycles. The Balaban J connectivity index is 1.35. The predicted molar refractivity (Wildman–Crippen MR) is 293 cm³/mol. The summed E-state index contributed by atoms with van der Waals surface area (Å²) in [5.41, 5.74) is 8.50. The van der Waals surface area contributed by atoms with Gasteiger partial charge in [-0.15, -0.1) is 0 Å². The third kappa shape index (κ3) is 9.41. The first-order valence-electron chi connectivity index (χ1n) is 27.7. The predicted octanol–water partition coefficient (Wildman–Crippen LogP) is 14.9. The van der Waals surface area contributed by atoms with Gasteiger partial charge in [0.15, 0.2) is 0 Å². The van der Waals surface area contributed by atoms with Gasteiger partial charge in [0.1, 0.15) is 0 Å². The van der Waals surface area contributed by atoms with Crippen LogP contribution in [0.15, 0.2) is 72.8 Å².